The maximum atomic E-state index is 11.1. The molecule has 0 amide bonds. The predicted molar refractivity (Wildman–Crippen MR) is 72.5 cm³/mol. The normalized spacial score (nSPS) is 18.4. The van der Waals surface area contributed by atoms with Crippen molar-refractivity contribution in [3.05, 3.63) is 24.4 Å². The lowest BCUT2D eigenvalue weighted by Gasteiger charge is -2.23. The van der Waals surface area contributed by atoms with Gasteiger partial charge in [0.15, 0.2) is 0 Å². The second-order valence-electron chi connectivity index (χ2n) is 4.75. The van der Waals surface area contributed by atoms with Gasteiger partial charge in [-0.05, 0) is 0 Å². The lowest BCUT2D eigenvalue weighted by atomic mass is 10.2. The van der Waals surface area contributed by atoms with Crippen LogP contribution in [0.2, 0.25) is 0 Å². The van der Waals surface area contributed by atoms with Crippen molar-refractivity contribution < 1.29 is 13.2 Å². The van der Waals surface area contributed by atoms with Crippen LogP contribution < -0.4 is 4.72 Å². The van der Waals surface area contributed by atoms with Crippen LogP contribution in [0.15, 0.2) is 18.7 Å². The lowest BCUT2D eigenvalue weighted by Crippen LogP contribution is -2.38. The average molecular weight is 310 g/mol. The van der Waals surface area contributed by atoms with Crippen LogP contribution in [0.5, 0.6) is 0 Å². The first kappa shape index (κ1) is 14.0. The Hall–Kier alpha value is -1.91. The Balaban J connectivity index is 1.76. The minimum absolute atomic E-state index is 0.210. The smallest absolute Gasteiger partial charge is 0.208 e. The van der Waals surface area contributed by atoms with Gasteiger partial charge >= 0.3 is 0 Å². The van der Waals surface area contributed by atoms with Gasteiger partial charge in [-0.15, -0.1) is 5.10 Å². The number of hydrogen-bond donors (Lipinski definition) is 1. The fourth-order valence-corrected chi connectivity index (χ4v) is 2.57. The molecule has 1 aliphatic heterocycles. The van der Waals surface area contributed by atoms with Gasteiger partial charge in [-0.25, -0.2) is 27.8 Å². The van der Waals surface area contributed by atoms with E-state index in [1.54, 1.807) is 17.1 Å². The minimum Gasteiger partial charge on any atom is -0.369 e. The summed E-state index contributed by atoms with van der Waals surface area (Å²) in [5.41, 5.74) is 2.29. The van der Waals surface area contributed by atoms with Crippen LogP contribution in [0.4, 0.5) is 0 Å². The van der Waals surface area contributed by atoms with Crippen molar-refractivity contribution in [2.75, 3.05) is 12.8 Å². The molecule has 0 spiro atoms. The van der Waals surface area contributed by atoms with E-state index in [1.807, 2.05) is 0 Å². The van der Waals surface area contributed by atoms with E-state index < -0.39 is 10.0 Å². The summed E-state index contributed by atoms with van der Waals surface area (Å²) in [7, 11) is -3.23. The Morgan fingerprint density at radius 3 is 2.90 bits per heavy atom. The Bertz CT molecular complexity index is 730. The van der Waals surface area contributed by atoms with E-state index >= 15 is 0 Å². The number of sulfonamides is 1. The van der Waals surface area contributed by atoms with Crippen molar-refractivity contribution in [1.82, 2.24) is 29.7 Å². The second kappa shape index (κ2) is 5.47. The minimum atomic E-state index is -3.23. The summed E-state index contributed by atoms with van der Waals surface area (Å²) >= 11 is 0. The highest BCUT2D eigenvalue weighted by atomic mass is 32.2. The molecule has 0 unspecified atom stereocenters. The first-order valence-electron chi connectivity index (χ1n) is 6.27. The molecule has 10 heteroatoms. The van der Waals surface area contributed by atoms with Crippen molar-refractivity contribution in [3.63, 3.8) is 0 Å². The first-order valence-corrected chi connectivity index (χ1v) is 8.16. The van der Waals surface area contributed by atoms with E-state index in [2.05, 4.69) is 25.0 Å². The van der Waals surface area contributed by atoms with Gasteiger partial charge in [0.25, 0.3) is 0 Å². The van der Waals surface area contributed by atoms with Crippen LogP contribution in [0, 0.1) is 0 Å². The van der Waals surface area contributed by atoms with E-state index in [4.69, 9.17) is 4.74 Å². The highest BCUT2D eigenvalue weighted by Gasteiger charge is 2.25. The monoisotopic (exact) mass is 310 g/mol. The molecule has 0 radical (unpaired) electrons. The van der Waals surface area contributed by atoms with Gasteiger partial charge in [-0.3, -0.25) is 0 Å². The van der Waals surface area contributed by atoms with Gasteiger partial charge in [0, 0.05) is 24.5 Å². The quantitative estimate of drug-likeness (QED) is 0.785. The van der Waals surface area contributed by atoms with Gasteiger partial charge in [0.1, 0.15) is 12.0 Å². The van der Waals surface area contributed by atoms with E-state index in [-0.39, 0.29) is 12.6 Å². The topological polar surface area (TPSA) is 112 Å². The summed E-state index contributed by atoms with van der Waals surface area (Å²) in [6.45, 7) is 0.966. The van der Waals surface area contributed by atoms with Crippen LogP contribution in [0.1, 0.15) is 5.69 Å². The number of nitrogens with one attached hydrogen (secondary N) is 1. The second-order valence-corrected chi connectivity index (χ2v) is 6.58. The summed E-state index contributed by atoms with van der Waals surface area (Å²) in [5, 5.41) is 8.21. The van der Waals surface area contributed by atoms with Crippen LogP contribution in [0.3, 0.4) is 0 Å². The molecule has 0 bridgehead atoms. The van der Waals surface area contributed by atoms with Gasteiger partial charge in [0.2, 0.25) is 10.0 Å². The van der Waals surface area contributed by atoms with E-state index in [0.717, 1.165) is 17.5 Å². The fourth-order valence-electron chi connectivity index (χ4n) is 2.08. The molecule has 1 aliphatic rings. The standard InChI is InChI=1S/C11H14N6O3S/c1-21(18,19)14-4-9-5-17-10(6-20-9)11(15-16-17)8-2-12-7-13-3-8/h2-3,7,9,14H,4-6H2,1H3/t9-/m0/s1. The fraction of sp³-hybridized carbons (Fsp3) is 0.455. The largest absolute Gasteiger partial charge is 0.369 e. The summed E-state index contributed by atoms with van der Waals surface area (Å²) < 4.78 is 32.0. The maximum absolute atomic E-state index is 11.1. The molecule has 0 aromatic carbocycles. The van der Waals surface area contributed by atoms with Crippen molar-refractivity contribution in [2.24, 2.45) is 0 Å². The summed E-state index contributed by atoms with van der Waals surface area (Å²) in [6, 6.07) is 0. The van der Waals surface area contributed by atoms with Crippen molar-refractivity contribution in [3.8, 4) is 11.3 Å². The van der Waals surface area contributed by atoms with E-state index in [1.165, 1.54) is 6.33 Å². The maximum Gasteiger partial charge on any atom is 0.208 e. The predicted octanol–water partition coefficient (Wildman–Crippen LogP) is -0.817. The van der Waals surface area contributed by atoms with E-state index in [9.17, 15) is 8.42 Å². The number of ether oxygens (including phenoxy) is 1. The molecule has 9 nitrogen and oxygen atoms in total. The third kappa shape index (κ3) is 3.23. The molecule has 3 rings (SSSR count). The first-order chi connectivity index (χ1) is 10.0. The van der Waals surface area contributed by atoms with Crippen LogP contribution in [-0.2, 0) is 27.9 Å². The number of aromatic nitrogens is 5. The number of fused-ring (bicyclic) bond motifs is 1. The summed E-state index contributed by atoms with van der Waals surface area (Å²) in [4.78, 5) is 7.91. The molecule has 0 fully saturated rings. The Morgan fingerprint density at radius 2 is 2.19 bits per heavy atom. The average Bonchev–Trinajstić information content (AvgIpc) is 2.88. The summed E-state index contributed by atoms with van der Waals surface area (Å²) in [5.74, 6) is 0. The molecule has 1 N–H and O–H groups in total. The molecule has 1 atom stereocenters. The Morgan fingerprint density at radius 1 is 1.43 bits per heavy atom. The number of rotatable bonds is 4. The molecule has 0 aliphatic carbocycles. The highest BCUT2D eigenvalue weighted by molar-refractivity contribution is 7.88. The molecule has 2 aromatic rings. The third-order valence-corrected chi connectivity index (χ3v) is 3.77. The summed E-state index contributed by atoms with van der Waals surface area (Å²) in [6.07, 6.45) is 5.62. The van der Waals surface area contributed by atoms with Crippen LogP contribution >= 0.6 is 0 Å². The zero-order valence-corrected chi connectivity index (χ0v) is 12.1. The molecular weight excluding hydrogens is 296 g/mol. The van der Waals surface area contributed by atoms with Gasteiger partial charge < -0.3 is 4.74 Å². The van der Waals surface area contributed by atoms with Crippen LogP contribution in [-0.4, -0.2) is 52.3 Å². The zero-order valence-electron chi connectivity index (χ0n) is 11.3. The number of hydrogen-bond acceptors (Lipinski definition) is 7. The van der Waals surface area contributed by atoms with Gasteiger partial charge in [-0.1, -0.05) is 5.21 Å². The third-order valence-electron chi connectivity index (χ3n) is 3.08. The SMILES string of the molecule is CS(=O)(=O)NC[C@H]1Cn2nnc(-c3cncnc3)c2CO1. The molecule has 3 heterocycles. The van der Waals surface area contributed by atoms with Gasteiger partial charge in [0.05, 0.1) is 31.2 Å². The molecule has 112 valence electrons. The molecule has 2 aromatic heterocycles. The van der Waals surface area contributed by atoms with Gasteiger partial charge in [-0.2, -0.15) is 0 Å². The lowest BCUT2D eigenvalue weighted by molar-refractivity contribution is 0.00434. The molecule has 0 saturated carbocycles. The van der Waals surface area contributed by atoms with Crippen molar-refractivity contribution >= 4 is 10.0 Å². The Kier molecular flexibility index (Phi) is 3.66. The molecular formula is C11H14N6O3S. The Labute approximate surface area is 121 Å². The molecule has 21 heavy (non-hydrogen) atoms. The highest BCUT2D eigenvalue weighted by Crippen LogP contribution is 2.23. The van der Waals surface area contributed by atoms with Crippen LogP contribution in [0.25, 0.3) is 11.3 Å². The van der Waals surface area contributed by atoms with Crippen molar-refractivity contribution in [1.29, 1.82) is 0 Å². The zero-order chi connectivity index (χ0) is 14.9. The van der Waals surface area contributed by atoms with E-state index in [0.29, 0.717) is 18.8 Å². The van der Waals surface area contributed by atoms with Crippen molar-refractivity contribution in [2.45, 2.75) is 19.3 Å². The molecule has 0 saturated heterocycles. The number of nitrogens with zero attached hydrogens (tertiary/aromatic N) is 5.